The van der Waals surface area contributed by atoms with Gasteiger partial charge >= 0.3 is 5.97 Å². The van der Waals surface area contributed by atoms with E-state index in [2.05, 4.69) is 20.6 Å². The van der Waals surface area contributed by atoms with Crippen LogP contribution in [0.1, 0.15) is 48.0 Å². The van der Waals surface area contributed by atoms with Crippen LogP contribution in [0.5, 0.6) is 0 Å². The van der Waals surface area contributed by atoms with Gasteiger partial charge in [0.25, 0.3) is 11.6 Å². The van der Waals surface area contributed by atoms with E-state index < -0.39 is 18.0 Å². The molecule has 4 aromatic rings. The van der Waals surface area contributed by atoms with Crippen molar-refractivity contribution >= 4 is 28.8 Å². The van der Waals surface area contributed by atoms with Crippen LogP contribution in [-0.2, 0) is 9.53 Å². The van der Waals surface area contributed by atoms with Crippen LogP contribution in [0.25, 0.3) is 22.6 Å². The summed E-state index contributed by atoms with van der Waals surface area (Å²) in [5.74, 6) is 0.0841. The highest BCUT2D eigenvalue weighted by molar-refractivity contribution is 6.05. The predicted octanol–water partition coefficient (Wildman–Crippen LogP) is 4.44. The van der Waals surface area contributed by atoms with Gasteiger partial charge in [0.15, 0.2) is 17.7 Å². The lowest BCUT2D eigenvalue weighted by molar-refractivity contribution is -0.125. The molecule has 0 aliphatic carbocycles. The average molecular weight is 438 g/mol. The molecule has 0 aromatic carbocycles. The van der Waals surface area contributed by atoms with Crippen molar-refractivity contribution in [3.05, 3.63) is 47.5 Å². The highest BCUT2D eigenvalue weighted by Crippen LogP contribution is 2.28. The number of carbonyl (C=O) groups is 2. The lowest BCUT2D eigenvalue weighted by atomic mass is 10.1. The number of nitrogens with zero attached hydrogens (tertiary/aromatic N) is 3. The Bertz CT molecular complexity index is 1240. The summed E-state index contributed by atoms with van der Waals surface area (Å²) >= 11 is 0. The van der Waals surface area contributed by atoms with Gasteiger partial charge in [0.2, 0.25) is 0 Å². The van der Waals surface area contributed by atoms with Crippen LogP contribution < -0.4 is 5.32 Å². The van der Waals surface area contributed by atoms with Crippen LogP contribution in [-0.4, -0.2) is 33.3 Å². The van der Waals surface area contributed by atoms with Crippen LogP contribution in [0.15, 0.2) is 44.0 Å². The van der Waals surface area contributed by atoms with Crippen molar-refractivity contribution in [2.45, 2.75) is 46.1 Å². The van der Waals surface area contributed by atoms with Crippen molar-refractivity contribution in [3.63, 3.8) is 0 Å². The fourth-order valence-electron chi connectivity index (χ4n) is 3.26. The molecule has 4 rings (SSSR count). The Morgan fingerprint density at radius 3 is 2.72 bits per heavy atom. The van der Waals surface area contributed by atoms with Gasteiger partial charge in [-0.05, 0) is 44.9 Å². The summed E-state index contributed by atoms with van der Waals surface area (Å²) in [4.78, 5) is 30.4. The quantitative estimate of drug-likeness (QED) is 0.396. The zero-order chi connectivity index (χ0) is 22.7. The van der Waals surface area contributed by atoms with Crippen molar-refractivity contribution < 1.29 is 27.8 Å². The first-order chi connectivity index (χ1) is 15.5. The number of rotatable bonds is 8. The van der Waals surface area contributed by atoms with Crippen LogP contribution >= 0.6 is 0 Å². The first kappa shape index (κ1) is 21.3. The predicted molar refractivity (Wildman–Crippen MR) is 113 cm³/mol. The monoisotopic (exact) mass is 438 g/mol. The van der Waals surface area contributed by atoms with E-state index in [0.29, 0.717) is 41.1 Å². The molecule has 0 fully saturated rings. The van der Waals surface area contributed by atoms with Crippen molar-refractivity contribution in [1.29, 1.82) is 0 Å². The molecule has 0 spiro atoms. The number of aryl methyl sites for hydroxylation is 2. The molecule has 10 heteroatoms. The Hall–Kier alpha value is -3.95. The fourth-order valence-corrected chi connectivity index (χ4v) is 3.26. The molecule has 4 heterocycles. The molecule has 1 unspecified atom stereocenters. The van der Waals surface area contributed by atoms with E-state index in [1.807, 2.05) is 6.92 Å². The number of amides is 1. The number of ether oxygens (including phenoxy) is 1. The first-order valence-corrected chi connectivity index (χ1v) is 10.2. The Balaban J connectivity index is 1.63. The summed E-state index contributed by atoms with van der Waals surface area (Å²) in [7, 11) is 0. The number of aromatic nitrogens is 3. The molecule has 0 aliphatic heterocycles. The number of anilines is 1. The average Bonchev–Trinajstić information content (AvgIpc) is 3.52. The highest BCUT2D eigenvalue weighted by atomic mass is 16.5. The minimum Gasteiger partial charge on any atom is -0.463 e. The van der Waals surface area contributed by atoms with E-state index in [9.17, 15) is 9.59 Å². The first-order valence-electron chi connectivity index (χ1n) is 10.2. The van der Waals surface area contributed by atoms with E-state index in [0.717, 1.165) is 6.42 Å². The summed E-state index contributed by atoms with van der Waals surface area (Å²) in [5.41, 5.74) is 1.24. The number of fused-ring (bicyclic) bond motifs is 1. The van der Waals surface area contributed by atoms with Gasteiger partial charge in [-0.2, -0.15) is 0 Å². The summed E-state index contributed by atoms with van der Waals surface area (Å²) in [6.45, 7) is 5.40. The molecule has 1 amide bonds. The van der Waals surface area contributed by atoms with E-state index in [-0.39, 0.29) is 17.1 Å². The number of hydrogen-bond donors (Lipinski definition) is 1. The largest absolute Gasteiger partial charge is 0.463 e. The number of furan rings is 1. The summed E-state index contributed by atoms with van der Waals surface area (Å²) in [6, 6.07) is 6.55. The Morgan fingerprint density at radius 1 is 1.19 bits per heavy atom. The van der Waals surface area contributed by atoms with Crippen LogP contribution in [0.2, 0.25) is 0 Å². The smallest absolute Gasteiger partial charge is 0.339 e. The molecule has 1 N–H and O–H groups in total. The Kier molecular flexibility index (Phi) is 6.02. The Labute approximate surface area is 182 Å². The van der Waals surface area contributed by atoms with Gasteiger partial charge in [-0.1, -0.05) is 23.7 Å². The zero-order valence-electron chi connectivity index (χ0n) is 17.9. The van der Waals surface area contributed by atoms with E-state index in [1.165, 1.54) is 6.26 Å². The second-order valence-corrected chi connectivity index (χ2v) is 7.33. The standard InChI is InChI=1S/C22H22N4O6/c1-4-5-7-17(20(27)24-18-10-12(2)31-26-18)30-22(28)14-11-15(16-8-6-9-29-16)23-21-19(14)13(3)25-32-21/h6,8-11,17H,4-5,7H2,1-3H3,(H,24,26,27). The van der Waals surface area contributed by atoms with Gasteiger partial charge < -0.3 is 23.5 Å². The summed E-state index contributed by atoms with van der Waals surface area (Å²) in [5, 5.41) is 10.7. The number of esters is 1. The molecular formula is C22H22N4O6. The zero-order valence-corrected chi connectivity index (χ0v) is 17.9. The van der Waals surface area contributed by atoms with Crippen LogP contribution in [0, 0.1) is 13.8 Å². The molecule has 0 bridgehead atoms. The van der Waals surface area contributed by atoms with E-state index in [4.69, 9.17) is 18.2 Å². The third-order valence-corrected chi connectivity index (χ3v) is 4.85. The van der Waals surface area contributed by atoms with Gasteiger partial charge in [-0.15, -0.1) is 0 Å². The lowest BCUT2D eigenvalue weighted by Gasteiger charge is -2.17. The molecule has 0 saturated carbocycles. The molecule has 0 radical (unpaired) electrons. The molecule has 0 aliphatic rings. The number of carbonyl (C=O) groups excluding carboxylic acids is 2. The molecule has 10 nitrogen and oxygen atoms in total. The van der Waals surface area contributed by atoms with E-state index >= 15 is 0 Å². The molecule has 0 saturated heterocycles. The maximum atomic E-state index is 13.2. The number of nitrogens with one attached hydrogen (secondary N) is 1. The number of hydrogen-bond acceptors (Lipinski definition) is 9. The van der Waals surface area contributed by atoms with Crippen LogP contribution in [0.3, 0.4) is 0 Å². The Morgan fingerprint density at radius 2 is 2.03 bits per heavy atom. The van der Waals surface area contributed by atoms with Gasteiger partial charge in [0, 0.05) is 6.07 Å². The van der Waals surface area contributed by atoms with Gasteiger partial charge in [-0.25, -0.2) is 9.78 Å². The van der Waals surface area contributed by atoms with Crippen LogP contribution in [0.4, 0.5) is 5.82 Å². The third kappa shape index (κ3) is 4.39. The molecule has 166 valence electrons. The van der Waals surface area contributed by atoms with Crippen molar-refractivity contribution in [3.8, 4) is 11.5 Å². The summed E-state index contributed by atoms with van der Waals surface area (Å²) in [6.07, 6.45) is 2.36. The second kappa shape index (κ2) is 9.04. The normalized spacial score (nSPS) is 12.1. The lowest BCUT2D eigenvalue weighted by Crippen LogP contribution is -2.32. The highest BCUT2D eigenvalue weighted by Gasteiger charge is 2.27. The number of pyridine rings is 1. The maximum Gasteiger partial charge on any atom is 0.339 e. The minimum absolute atomic E-state index is 0.177. The van der Waals surface area contributed by atoms with E-state index in [1.54, 1.807) is 38.1 Å². The van der Waals surface area contributed by atoms with Gasteiger partial charge in [0.1, 0.15) is 11.5 Å². The van der Waals surface area contributed by atoms with Gasteiger partial charge in [0.05, 0.1) is 22.9 Å². The minimum atomic E-state index is -1.02. The fraction of sp³-hybridized carbons (Fsp3) is 0.318. The van der Waals surface area contributed by atoms with Crippen molar-refractivity contribution in [1.82, 2.24) is 15.3 Å². The SMILES string of the molecule is CCCCC(OC(=O)c1cc(-c2ccco2)nc2onc(C)c12)C(=O)Nc1cc(C)on1. The second-order valence-electron chi connectivity index (χ2n) is 7.33. The molecule has 32 heavy (non-hydrogen) atoms. The maximum absolute atomic E-state index is 13.2. The molecule has 1 atom stereocenters. The topological polar surface area (TPSA) is 133 Å². The van der Waals surface area contributed by atoms with Gasteiger partial charge in [-0.3, -0.25) is 4.79 Å². The number of unbranched alkanes of at least 4 members (excludes halogenated alkanes) is 1. The van der Waals surface area contributed by atoms with Crippen molar-refractivity contribution in [2.75, 3.05) is 5.32 Å². The molecule has 4 aromatic heterocycles. The molecular weight excluding hydrogens is 416 g/mol. The summed E-state index contributed by atoms with van der Waals surface area (Å²) < 4.78 is 21.3. The van der Waals surface area contributed by atoms with Crippen molar-refractivity contribution in [2.24, 2.45) is 0 Å². The third-order valence-electron chi connectivity index (χ3n) is 4.85.